The van der Waals surface area contributed by atoms with Crippen molar-refractivity contribution < 1.29 is 26.1 Å². The molecule has 0 aromatic carbocycles. The van der Waals surface area contributed by atoms with Gasteiger partial charge in [-0.1, -0.05) is 39.0 Å². The van der Waals surface area contributed by atoms with Gasteiger partial charge in [-0.15, -0.1) is 0 Å². The van der Waals surface area contributed by atoms with Crippen LogP contribution in [0.2, 0.25) is 3.93 Å². The minimum atomic E-state index is 1.06. The van der Waals surface area contributed by atoms with Gasteiger partial charge in [-0.25, -0.2) is 0 Å². The average Bonchev–Trinajstić information content (AvgIpc) is 2.43. The molecule has 0 bridgehead atoms. The molecule has 0 atom stereocenters. The molecule has 0 aromatic heterocycles. The first kappa shape index (κ1) is 19.9. The number of hydrogen-bond donors (Lipinski definition) is 0. The van der Waals surface area contributed by atoms with Crippen LogP contribution in [0.4, 0.5) is 0 Å². The van der Waals surface area contributed by atoms with Gasteiger partial charge >= 0.3 is 101 Å². The van der Waals surface area contributed by atoms with Crippen LogP contribution >= 0.6 is 0 Å². The first-order valence-corrected chi connectivity index (χ1v) is 13.1. The summed E-state index contributed by atoms with van der Waals surface area (Å²) in [6.07, 6.45) is 23.8. The van der Waals surface area contributed by atoms with Gasteiger partial charge in [0.25, 0.3) is 0 Å². The third-order valence-electron chi connectivity index (χ3n) is 4.10. The van der Waals surface area contributed by atoms with Crippen molar-refractivity contribution in [3.63, 3.8) is 0 Å². The molecule has 0 radical (unpaired) electrons. The first-order valence-electron chi connectivity index (χ1n) is 9.21. The molecule has 0 aliphatic rings. The second kappa shape index (κ2) is 18.9. The third kappa shape index (κ3) is 18.9. The van der Waals surface area contributed by atoms with Crippen molar-refractivity contribution in [3.8, 4) is 0 Å². The predicted molar refractivity (Wildman–Crippen MR) is 84.4 cm³/mol. The number of unbranched alkanes of at least 4 members (excludes halogenated alkanes) is 15. The molecule has 0 spiro atoms. The predicted octanol–water partition coefficient (Wildman–Crippen LogP) is 7.21. The van der Waals surface area contributed by atoms with E-state index in [4.69, 9.17) is 0 Å². The van der Waals surface area contributed by atoms with Crippen LogP contribution in [0.1, 0.15) is 110 Å². The van der Waals surface area contributed by atoms with E-state index in [1.165, 1.54) is 103 Å². The van der Waals surface area contributed by atoms with Gasteiger partial charge in [0.05, 0.1) is 0 Å². The van der Waals surface area contributed by atoms with Gasteiger partial charge in [0.2, 0.25) is 0 Å². The summed E-state index contributed by atoms with van der Waals surface area (Å²) in [7, 11) is 0. The fourth-order valence-electron chi connectivity index (χ4n) is 2.72. The fraction of sp³-hybridized carbons (Fsp3) is 1.00. The summed E-state index contributed by atoms with van der Waals surface area (Å²) >= 11 is 1.06. The van der Waals surface area contributed by atoms with E-state index in [1.807, 2.05) is 0 Å². The fourth-order valence-corrected chi connectivity index (χ4v) is 4.10. The van der Waals surface area contributed by atoms with E-state index in [0.717, 1.165) is 26.1 Å². The van der Waals surface area contributed by atoms with Crippen LogP contribution in [0.15, 0.2) is 0 Å². The Bertz CT molecular complexity index is 129. The molecule has 0 aliphatic carbocycles. The Labute approximate surface area is 139 Å². The van der Waals surface area contributed by atoms with Crippen molar-refractivity contribution in [2.24, 2.45) is 0 Å². The van der Waals surface area contributed by atoms with Crippen molar-refractivity contribution in [2.75, 3.05) is 0 Å². The minimum absolute atomic E-state index is 1.06. The van der Waals surface area contributed by atoms with E-state index < -0.39 is 0 Å². The molecule has 0 saturated carbocycles. The van der Waals surface area contributed by atoms with E-state index in [0.29, 0.717) is 0 Å². The van der Waals surface area contributed by atoms with E-state index in [-0.39, 0.29) is 0 Å². The molecule has 0 nitrogen and oxygen atoms in total. The molecule has 0 saturated heterocycles. The van der Waals surface area contributed by atoms with E-state index in [1.54, 1.807) is 3.93 Å². The molecule has 0 fully saturated rings. The van der Waals surface area contributed by atoms with Gasteiger partial charge in [-0.05, 0) is 0 Å². The Balaban J connectivity index is 2.88. The van der Waals surface area contributed by atoms with Crippen LogP contribution in [0.25, 0.3) is 0 Å². The Kier molecular flexibility index (Phi) is 19.9. The van der Waals surface area contributed by atoms with Crippen molar-refractivity contribution in [1.82, 2.24) is 0 Å². The molecule has 0 rings (SSSR count). The standard InChI is InChI=1S/C18H37.Hg/c1-3-5-7-9-11-13-15-17-18-16-14-12-10-8-6-4-2;/h1,3-18H2,2H3;. The summed E-state index contributed by atoms with van der Waals surface area (Å²) in [6.45, 7) is 2.30. The Morgan fingerprint density at radius 1 is 0.421 bits per heavy atom. The Morgan fingerprint density at radius 3 is 0.947 bits per heavy atom. The van der Waals surface area contributed by atoms with Crippen LogP contribution in [0.5, 0.6) is 0 Å². The Morgan fingerprint density at radius 2 is 0.684 bits per heavy atom. The molecule has 0 aliphatic heterocycles. The molecular formula is C18H37Hg. The van der Waals surface area contributed by atoms with Crippen LogP contribution in [-0.4, -0.2) is 0 Å². The zero-order valence-corrected chi connectivity index (χ0v) is 19.2. The zero-order chi connectivity index (χ0) is 14.0. The molecule has 111 valence electrons. The van der Waals surface area contributed by atoms with Crippen LogP contribution in [0.3, 0.4) is 0 Å². The van der Waals surface area contributed by atoms with Gasteiger partial charge in [-0.3, -0.25) is 0 Å². The third-order valence-corrected chi connectivity index (χ3v) is 6.05. The quantitative estimate of drug-likeness (QED) is 0.171. The summed E-state index contributed by atoms with van der Waals surface area (Å²) in [5.41, 5.74) is 0. The summed E-state index contributed by atoms with van der Waals surface area (Å²) in [6, 6.07) is 0. The zero-order valence-electron chi connectivity index (χ0n) is 13.7. The monoisotopic (exact) mass is 455 g/mol. The second-order valence-corrected chi connectivity index (χ2v) is 8.91. The normalized spacial score (nSPS) is 11.1. The van der Waals surface area contributed by atoms with Gasteiger partial charge in [-0.2, -0.15) is 0 Å². The average molecular weight is 454 g/mol. The SMILES string of the molecule is CCCCCCCCCCCCCCCCC[CH2][Hg]. The molecule has 0 heterocycles. The maximum atomic E-state index is 2.30. The van der Waals surface area contributed by atoms with Gasteiger partial charge in [0.1, 0.15) is 0 Å². The number of hydrogen-bond acceptors (Lipinski definition) is 0. The second-order valence-electron chi connectivity index (χ2n) is 6.16. The first-order chi connectivity index (χ1) is 9.41. The Hall–Kier alpha value is 0.935. The van der Waals surface area contributed by atoms with Gasteiger partial charge < -0.3 is 0 Å². The molecule has 19 heavy (non-hydrogen) atoms. The van der Waals surface area contributed by atoms with E-state index in [9.17, 15) is 0 Å². The topological polar surface area (TPSA) is 0 Å². The van der Waals surface area contributed by atoms with Crippen molar-refractivity contribution in [3.05, 3.63) is 0 Å². The van der Waals surface area contributed by atoms with Crippen molar-refractivity contribution in [2.45, 2.75) is 114 Å². The molecule has 0 N–H and O–H groups in total. The summed E-state index contributed by atoms with van der Waals surface area (Å²) in [5.74, 6) is 0. The van der Waals surface area contributed by atoms with Crippen LogP contribution in [0, 0.1) is 0 Å². The molecule has 1 heteroatoms. The molecule has 0 aromatic rings. The van der Waals surface area contributed by atoms with Gasteiger partial charge in [0.15, 0.2) is 0 Å². The van der Waals surface area contributed by atoms with Gasteiger partial charge in [0, 0.05) is 0 Å². The van der Waals surface area contributed by atoms with Crippen LogP contribution in [-0.2, 0) is 26.1 Å². The van der Waals surface area contributed by atoms with E-state index in [2.05, 4.69) is 6.92 Å². The summed E-state index contributed by atoms with van der Waals surface area (Å²) < 4.78 is 1.57. The maximum absolute atomic E-state index is 2.30. The molecule has 0 unspecified atom stereocenters. The summed E-state index contributed by atoms with van der Waals surface area (Å²) in [4.78, 5) is 0. The van der Waals surface area contributed by atoms with Crippen LogP contribution < -0.4 is 0 Å². The van der Waals surface area contributed by atoms with Crippen molar-refractivity contribution in [1.29, 1.82) is 0 Å². The molecule has 0 amide bonds. The van der Waals surface area contributed by atoms with Crippen molar-refractivity contribution >= 4 is 0 Å². The summed E-state index contributed by atoms with van der Waals surface area (Å²) in [5, 5.41) is 0. The number of rotatable bonds is 16. The van der Waals surface area contributed by atoms with E-state index >= 15 is 0 Å². The molecular weight excluding hydrogens is 417 g/mol.